The Morgan fingerprint density at radius 1 is 1.26 bits per heavy atom. The van der Waals surface area contributed by atoms with E-state index in [1.807, 2.05) is 18.2 Å². The fraction of sp³-hybridized carbons (Fsp3) is 0.571. The number of rotatable bonds is 4. The zero-order valence-electron chi connectivity index (χ0n) is 11.8. The lowest BCUT2D eigenvalue weighted by Gasteiger charge is -2.44. The number of hydrogen-bond donors (Lipinski definition) is 1. The molecule has 0 aliphatic carbocycles. The van der Waals surface area contributed by atoms with Crippen molar-refractivity contribution >= 4 is 0 Å². The number of nitrogens with zero attached hydrogens (tertiary/aromatic N) is 1. The van der Waals surface area contributed by atoms with Crippen LogP contribution in [0.3, 0.4) is 0 Å². The molecule has 1 aliphatic rings. The van der Waals surface area contributed by atoms with Crippen LogP contribution in [0.5, 0.6) is 11.5 Å². The van der Waals surface area contributed by atoms with Gasteiger partial charge in [-0.2, -0.15) is 0 Å². The first-order chi connectivity index (χ1) is 9.16. The molecule has 1 atom stereocenters. The molecule has 1 heterocycles. The number of likely N-dealkylation sites (N-methyl/N-ethyl adjacent to an activating group) is 1. The molecule has 0 aromatic heterocycles. The Kier molecular flexibility index (Phi) is 4.29. The van der Waals surface area contributed by atoms with E-state index in [0.717, 1.165) is 30.2 Å². The minimum absolute atomic E-state index is 0.319. The van der Waals surface area contributed by atoms with E-state index in [2.05, 4.69) is 11.9 Å². The van der Waals surface area contributed by atoms with Crippen molar-refractivity contribution in [2.75, 3.05) is 47.6 Å². The van der Waals surface area contributed by atoms with Crippen LogP contribution in [-0.4, -0.2) is 52.5 Å². The van der Waals surface area contributed by atoms with Crippen molar-refractivity contribution in [3.63, 3.8) is 0 Å². The Bertz CT molecular complexity index is 416. The molecule has 1 unspecified atom stereocenters. The zero-order valence-corrected chi connectivity index (χ0v) is 11.8. The van der Waals surface area contributed by atoms with Crippen LogP contribution in [-0.2, 0) is 10.3 Å². The van der Waals surface area contributed by atoms with Crippen molar-refractivity contribution in [2.45, 2.75) is 5.54 Å². The van der Waals surface area contributed by atoms with Gasteiger partial charge in [-0.15, -0.1) is 0 Å². The lowest BCUT2D eigenvalue weighted by atomic mass is 9.87. The molecule has 1 aromatic carbocycles. The first-order valence-electron chi connectivity index (χ1n) is 6.39. The highest BCUT2D eigenvalue weighted by Crippen LogP contribution is 2.34. The van der Waals surface area contributed by atoms with Crippen molar-refractivity contribution in [2.24, 2.45) is 5.73 Å². The maximum absolute atomic E-state index is 6.04. The van der Waals surface area contributed by atoms with Gasteiger partial charge in [-0.05, 0) is 24.7 Å². The average molecular weight is 266 g/mol. The summed E-state index contributed by atoms with van der Waals surface area (Å²) in [5, 5.41) is 0. The molecular formula is C14H22N2O3. The van der Waals surface area contributed by atoms with E-state index in [9.17, 15) is 0 Å². The van der Waals surface area contributed by atoms with Gasteiger partial charge in [0.25, 0.3) is 0 Å². The van der Waals surface area contributed by atoms with E-state index in [4.69, 9.17) is 19.9 Å². The van der Waals surface area contributed by atoms with E-state index in [-0.39, 0.29) is 5.54 Å². The summed E-state index contributed by atoms with van der Waals surface area (Å²) in [5.41, 5.74) is 6.78. The van der Waals surface area contributed by atoms with E-state index >= 15 is 0 Å². The number of benzene rings is 1. The molecule has 0 bridgehead atoms. The predicted octanol–water partition coefficient (Wildman–Crippen LogP) is 0.820. The Morgan fingerprint density at radius 2 is 1.89 bits per heavy atom. The summed E-state index contributed by atoms with van der Waals surface area (Å²) in [6, 6.07) is 5.86. The third-order valence-corrected chi connectivity index (χ3v) is 3.87. The molecule has 19 heavy (non-hydrogen) atoms. The van der Waals surface area contributed by atoms with Gasteiger partial charge in [-0.1, -0.05) is 0 Å². The normalized spacial score (nSPS) is 24.2. The van der Waals surface area contributed by atoms with Crippen molar-refractivity contribution < 1.29 is 14.2 Å². The monoisotopic (exact) mass is 266 g/mol. The molecule has 106 valence electrons. The largest absolute Gasteiger partial charge is 0.497 e. The quantitative estimate of drug-likeness (QED) is 0.874. The summed E-state index contributed by atoms with van der Waals surface area (Å²) >= 11 is 0. The molecule has 1 aromatic rings. The van der Waals surface area contributed by atoms with Gasteiger partial charge in [0, 0.05) is 19.2 Å². The Morgan fingerprint density at radius 3 is 2.37 bits per heavy atom. The lowest BCUT2D eigenvalue weighted by Crippen LogP contribution is -2.56. The van der Waals surface area contributed by atoms with Crippen LogP contribution in [0.4, 0.5) is 0 Å². The van der Waals surface area contributed by atoms with E-state index in [1.165, 1.54) is 0 Å². The smallest absolute Gasteiger partial charge is 0.122 e. The fourth-order valence-corrected chi connectivity index (χ4v) is 2.48. The molecule has 1 aliphatic heterocycles. The van der Waals surface area contributed by atoms with Gasteiger partial charge < -0.3 is 19.9 Å². The fourth-order valence-electron chi connectivity index (χ4n) is 2.48. The second kappa shape index (κ2) is 5.77. The van der Waals surface area contributed by atoms with Crippen LogP contribution in [0.1, 0.15) is 5.56 Å². The summed E-state index contributed by atoms with van der Waals surface area (Å²) in [5.74, 6) is 1.53. The van der Waals surface area contributed by atoms with Crippen molar-refractivity contribution in [3.8, 4) is 11.5 Å². The highest BCUT2D eigenvalue weighted by molar-refractivity contribution is 5.42. The van der Waals surface area contributed by atoms with Gasteiger partial charge in [0.15, 0.2) is 0 Å². The Hall–Kier alpha value is -1.30. The summed E-state index contributed by atoms with van der Waals surface area (Å²) in [4.78, 5) is 2.24. The van der Waals surface area contributed by atoms with Crippen molar-refractivity contribution in [1.82, 2.24) is 4.90 Å². The number of methoxy groups -OCH3 is 2. The second-order valence-corrected chi connectivity index (χ2v) is 4.81. The number of nitrogens with two attached hydrogens (primary N) is 1. The summed E-state index contributed by atoms with van der Waals surface area (Å²) < 4.78 is 16.3. The van der Waals surface area contributed by atoms with E-state index in [1.54, 1.807) is 14.2 Å². The lowest BCUT2D eigenvalue weighted by molar-refractivity contribution is -0.0550. The first kappa shape index (κ1) is 14.1. The molecule has 0 radical (unpaired) electrons. The van der Waals surface area contributed by atoms with Gasteiger partial charge in [-0.3, -0.25) is 4.90 Å². The molecule has 5 nitrogen and oxygen atoms in total. The molecular weight excluding hydrogens is 244 g/mol. The van der Waals surface area contributed by atoms with E-state index < -0.39 is 0 Å². The topological polar surface area (TPSA) is 57.0 Å². The van der Waals surface area contributed by atoms with Crippen molar-refractivity contribution in [1.29, 1.82) is 0 Å². The van der Waals surface area contributed by atoms with Crippen molar-refractivity contribution in [3.05, 3.63) is 23.8 Å². The summed E-state index contributed by atoms with van der Waals surface area (Å²) in [7, 11) is 5.37. The standard InChI is InChI=1S/C14H22N2O3/c1-16-4-5-19-10-14(16,9-15)11-6-12(17-2)8-13(7-11)18-3/h6-8H,4-5,9-10,15H2,1-3H3. The molecule has 2 rings (SSSR count). The third-order valence-electron chi connectivity index (χ3n) is 3.87. The molecule has 2 N–H and O–H groups in total. The average Bonchev–Trinajstić information content (AvgIpc) is 2.47. The van der Waals surface area contributed by atoms with Gasteiger partial charge in [0.2, 0.25) is 0 Å². The molecule has 0 saturated carbocycles. The van der Waals surface area contributed by atoms with Gasteiger partial charge in [-0.25, -0.2) is 0 Å². The summed E-state index contributed by atoms with van der Waals surface area (Å²) in [6.07, 6.45) is 0. The van der Waals surface area contributed by atoms with Crippen LogP contribution in [0.25, 0.3) is 0 Å². The van der Waals surface area contributed by atoms with Gasteiger partial charge >= 0.3 is 0 Å². The predicted molar refractivity (Wildman–Crippen MR) is 73.7 cm³/mol. The highest BCUT2D eigenvalue weighted by Gasteiger charge is 2.38. The van der Waals surface area contributed by atoms with Crippen LogP contribution in [0.15, 0.2) is 18.2 Å². The summed E-state index contributed by atoms with van der Waals surface area (Å²) in [6.45, 7) is 2.66. The van der Waals surface area contributed by atoms with Gasteiger partial charge in [0.05, 0.1) is 33.0 Å². The number of ether oxygens (including phenoxy) is 3. The zero-order chi connectivity index (χ0) is 13.9. The third kappa shape index (κ3) is 2.54. The SMILES string of the molecule is COc1cc(OC)cc(C2(CN)COCCN2C)c1. The Balaban J connectivity index is 2.47. The van der Waals surface area contributed by atoms with Crippen LogP contribution >= 0.6 is 0 Å². The van der Waals surface area contributed by atoms with Crippen LogP contribution in [0.2, 0.25) is 0 Å². The van der Waals surface area contributed by atoms with Crippen LogP contribution < -0.4 is 15.2 Å². The first-order valence-corrected chi connectivity index (χ1v) is 6.39. The molecule has 5 heteroatoms. The van der Waals surface area contributed by atoms with E-state index in [0.29, 0.717) is 13.2 Å². The minimum Gasteiger partial charge on any atom is -0.497 e. The maximum atomic E-state index is 6.04. The van der Waals surface area contributed by atoms with Crippen LogP contribution in [0, 0.1) is 0 Å². The number of morpholine rings is 1. The second-order valence-electron chi connectivity index (χ2n) is 4.81. The molecule has 0 amide bonds. The maximum Gasteiger partial charge on any atom is 0.122 e. The van der Waals surface area contributed by atoms with Gasteiger partial charge in [0.1, 0.15) is 11.5 Å². The Labute approximate surface area is 114 Å². The number of hydrogen-bond acceptors (Lipinski definition) is 5. The highest BCUT2D eigenvalue weighted by atomic mass is 16.5. The molecule has 1 saturated heterocycles. The minimum atomic E-state index is -0.319. The molecule has 0 spiro atoms. The molecule has 1 fully saturated rings.